The molecule has 0 spiro atoms. The molecule has 3 rings (SSSR count). The van der Waals surface area contributed by atoms with Crippen molar-refractivity contribution >= 4 is 30.7 Å². The molecule has 3 N–H and O–H groups in total. The maximum atomic E-state index is 12.2. The number of halogens is 2. The van der Waals surface area contributed by atoms with Crippen molar-refractivity contribution in [3.63, 3.8) is 0 Å². The summed E-state index contributed by atoms with van der Waals surface area (Å²) in [6, 6.07) is 10.1. The molecule has 0 radical (unpaired) electrons. The number of nitrogens with two attached hydrogens (primary N) is 1. The van der Waals surface area contributed by atoms with Crippen LogP contribution in [0, 0.1) is 0 Å². The van der Waals surface area contributed by atoms with Crippen molar-refractivity contribution in [2.75, 3.05) is 13.1 Å². The third-order valence-electron chi connectivity index (χ3n) is 4.38. The van der Waals surface area contributed by atoms with Gasteiger partial charge >= 0.3 is 0 Å². The Labute approximate surface area is 144 Å². The quantitative estimate of drug-likeness (QED) is 0.879. The summed E-state index contributed by atoms with van der Waals surface area (Å²) in [5.74, 6) is -0.0546. The smallest absolute Gasteiger partial charge is 0.241 e. The van der Waals surface area contributed by atoms with Gasteiger partial charge in [0.2, 0.25) is 5.91 Å². The molecule has 1 aromatic carbocycles. The van der Waals surface area contributed by atoms with Crippen molar-refractivity contribution in [1.82, 2.24) is 10.2 Å². The van der Waals surface area contributed by atoms with E-state index in [2.05, 4.69) is 10.2 Å². The van der Waals surface area contributed by atoms with E-state index >= 15 is 0 Å². The number of carbonyl (C=O) groups excluding carboxylic acids is 1. The molecule has 6 heteroatoms. The van der Waals surface area contributed by atoms with Crippen LogP contribution < -0.4 is 11.1 Å². The van der Waals surface area contributed by atoms with E-state index in [4.69, 9.17) is 5.73 Å². The van der Waals surface area contributed by atoms with Crippen LogP contribution in [0.5, 0.6) is 0 Å². The second-order valence-corrected chi connectivity index (χ2v) is 5.94. The highest BCUT2D eigenvalue weighted by atomic mass is 35.5. The predicted molar refractivity (Wildman–Crippen MR) is 93.6 cm³/mol. The second-order valence-electron chi connectivity index (χ2n) is 5.94. The molecule has 124 valence electrons. The molecular formula is C16H25Cl2N3O. The molecule has 4 nitrogen and oxygen atoms in total. The fourth-order valence-electron chi connectivity index (χ4n) is 2.95. The van der Waals surface area contributed by atoms with Gasteiger partial charge in [0.15, 0.2) is 0 Å². The summed E-state index contributed by atoms with van der Waals surface area (Å²) in [5.41, 5.74) is 6.89. The molecule has 1 saturated heterocycles. The van der Waals surface area contributed by atoms with E-state index in [-0.39, 0.29) is 36.8 Å². The van der Waals surface area contributed by atoms with Gasteiger partial charge in [-0.05, 0) is 31.2 Å². The van der Waals surface area contributed by atoms with Crippen LogP contribution in [0.25, 0.3) is 0 Å². The van der Waals surface area contributed by atoms with Crippen molar-refractivity contribution in [3.8, 4) is 0 Å². The molecule has 2 aliphatic rings. The molecule has 1 aromatic rings. The molecular weight excluding hydrogens is 321 g/mol. The van der Waals surface area contributed by atoms with Gasteiger partial charge in [-0.2, -0.15) is 0 Å². The largest absolute Gasteiger partial charge is 0.352 e. The first-order valence-electron chi connectivity index (χ1n) is 7.59. The average Bonchev–Trinajstić information content (AvgIpc) is 3.33. The fourth-order valence-corrected chi connectivity index (χ4v) is 2.95. The van der Waals surface area contributed by atoms with Crippen molar-refractivity contribution in [1.29, 1.82) is 0 Å². The number of amides is 1. The number of nitrogens with one attached hydrogen (secondary N) is 1. The van der Waals surface area contributed by atoms with Crippen LogP contribution in [0.3, 0.4) is 0 Å². The van der Waals surface area contributed by atoms with Gasteiger partial charge in [-0.3, -0.25) is 4.79 Å². The third kappa shape index (κ3) is 4.85. The lowest BCUT2D eigenvalue weighted by Crippen LogP contribution is -2.47. The van der Waals surface area contributed by atoms with Crippen molar-refractivity contribution < 1.29 is 4.79 Å². The van der Waals surface area contributed by atoms with Gasteiger partial charge in [-0.15, -0.1) is 24.8 Å². The van der Waals surface area contributed by atoms with E-state index < -0.39 is 6.04 Å². The van der Waals surface area contributed by atoms with Crippen molar-refractivity contribution in [3.05, 3.63) is 35.9 Å². The van der Waals surface area contributed by atoms with Gasteiger partial charge in [-0.25, -0.2) is 0 Å². The molecule has 1 atom stereocenters. The molecule has 0 aromatic heterocycles. The number of benzene rings is 1. The Morgan fingerprint density at radius 2 is 1.68 bits per heavy atom. The predicted octanol–water partition coefficient (Wildman–Crippen LogP) is 2.27. The first kappa shape index (κ1) is 19.2. The minimum absolute atomic E-state index is 0. The highest BCUT2D eigenvalue weighted by molar-refractivity contribution is 5.85. The average molecular weight is 346 g/mol. The molecule has 1 aliphatic heterocycles. The SMILES string of the molecule is Cl.Cl.NC(C(=O)NC1CCN(C2CC2)CC1)c1ccccc1. The summed E-state index contributed by atoms with van der Waals surface area (Å²) >= 11 is 0. The van der Waals surface area contributed by atoms with Crippen LogP contribution in [0.1, 0.15) is 37.3 Å². The molecule has 1 unspecified atom stereocenters. The summed E-state index contributed by atoms with van der Waals surface area (Å²) in [6.45, 7) is 2.21. The Kier molecular flexibility index (Phi) is 7.63. The fraction of sp³-hybridized carbons (Fsp3) is 0.562. The Morgan fingerprint density at radius 1 is 1.09 bits per heavy atom. The Balaban J connectivity index is 0.00000121. The Hall–Kier alpha value is -0.810. The van der Waals surface area contributed by atoms with E-state index in [1.807, 2.05) is 30.3 Å². The normalized spacial score (nSPS) is 20.4. The second kappa shape index (κ2) is 8.73. The molecule has 1 aliphatic carbocycles. The number of hydrogen-bond acceptors (Lipinski definition) is 3. The zero-order chi connectivity index (χ0) is 13.9. The van der Waals surface area contributed by atoms with E-state index in [9.17, 15) is 4.79 Å². The Bertz CT molecular complexity index is 460. The van der Waals surface area contributed by atoms with Crippen molar-refractivity contribution in [2.45, 2.75) is 43.8 Å². The first-order chi connectivity index (χ1) is 9.74. The highest BCUT2D eigenvalue weighted by Crippen LogP contribution is 2.29. The van der Waals surface area contributed by atoms with Gasteiger partial charge in [-0.1, -0.05) is 30.3 Å². The van der Waals surface area contributed by atoms with Crippen LogP contribution in [-0.2, 0) is 4.79 Å². The van der Waals surface area contributed by atoms with Gasteiger partial charge in [0.25, 0.3) is 0 Å². The summed E-state index contributed by atoms with van der Waals surface area (Å²) in [4.78, 5) is 14.7. The molecule has 1 heterocycles. The van der Waals surface area contributed by atoms with E-state index in [0.29, 0.717) is 0 Å². The first-order valence-corrected chi connectivity index (χ1v) is 7.59. The van der Waals surface area contributed by atoms with E-state index in [1.54, 1.807) is 0 Å². The van der Waals surface area contributed by atoms with E-state index in [0.717, 1.165) is 37.5 Å². The van der Waals surface area contributed by atoms with E-state index in [1.165, 1.54) is 12.8 Å². The standard InChI is InChI=1S/C16H23N3O.2ClH/c17-15(12-4-2-1-3-5-12)16(20)18-13-8-10-19(11-9-13)14-6-7-14;;/h1-5,13-15H,6-11,17H2,(H,18,20);2*1H. The molecule has 0 bridgehead atoms. The zero-order valence-electron chi connectivity index (χ0n) is 12.6. The van der Waals surface area contributed by atoms with Gasteiger partial charge < -0.3 is 16.0 Å². The maximum absolute atomic E-state index is 12.2. The lowest BCUT2D eigenvalue weighted by atomic mass is 10.0. The maximum Gasteiger partial charge on any atom is 0.241 e. The van der Waals surface area contributed by atoms with Crippen LogP contribution in [0.2, 0.25) is 0 Å². The van der Waals surface area contributed by atoms with Gasteiger partial charge in [0, 0.05) is 25.2 Å². The molecule has 2 fully saturated rings. The number of likely N-dealkylation sites (tertiary alicyclic amines) is 1. The number of hydrogen-bond donors (Lipinski definition) is 2. The van der Waals surface area contributed by atoms with Crippen LogP contribution in [0.15, 0.2) is 30.3 Å². The number of nitrogens with zero attached hydrogens (tertiary/aromatic N) is 1. The Morgan fingerprint density at radius 3 is 2.23 bits per heavy atom. The summed E-state index contributed by atoms with van der Waals surface area (Å²) in [7, 11) is 0. The summed E-state index contributed by atoms with van der Waals surface area (Å²) < 4.78 is 0. The topological polar surface area (TPSA) is 58.4 Å². The summed E-state index contributed by atoms with van der Waals surface area (Å²) in [5, 5.41) is 3.11. The lowest BCUT2D eigenvalue weighted by molar-refractivity contribution is -0.123. The minimum Gasteiger partial charge on any atom is -0.352 e. The third-order valence-corrected chi connectivity index (χ3v) is 4.38. The molecule has 1 amide bonds. The van der Waals surface area contributed by atoms with Crippen LogP contribution in [0.4, 0.5) is 0 Å². The zero-order valence-corrected chi connectivity index (χ0v) is 14.2. The lowest BCUT2D eigenvalue weighted by Gasteiger charge is -2.32. The molecule has 1 saturated carbocycles. The van der Waals surface area contributed by atoms with Gasteiger partial charge in [0.1, 0.15) is 6.04 Å². The summed E-state index contributed by atoms with van der Waals surface area (Å²) in [6.07, 6.45) is 4.80. The monoisotopic (exact) mass is 345 g/mol. The van der Waals surface area contributed by atoms with Gasteiger partial charge in [0.05, 0.1) is 0 Å². The highest BCUT2D eigenvalue weighted by Gasteiger charge is 2.32. The number of rotatable bonds is 4. The minimum atomic E-state index is -0.558. The van der Waals surface area contributed by atoms with Crippen LogP contribution in [-0.4, -0.2) is 36.0 Å². The van der Waals surface area contributed by atoms with Crippen molar-refractivity contribution in [2.24, 2.45) is 5.73 Å². The molecule has 22 heavy (non-hydrogen) atoms. The number of carbonyl (C=O) groups is 1. The van der Waals surface area contributed by atoms with Crippen LogP contribution >= 0.6 is 24.8 Å². The number of piperidine rings is 1.